The van der Waals surface area contributed by atoms with Crippen LogP contribution in [-0.2, 0) is 52.8 Å². The molecule has 0 radical (unpaired) electrons. The van der Waals surface area contributed by atoms with Gasteiger partial charge in [-0.2, -0.15) is 0 Å². The van der Waals surface area contributed by atoms with Crippen molar-refractivity contribution in [2.45, 2.75) is 31.9 Å². The maximum atomic E-state index is 13.0. The summed E-state index contributed by atoms with van der Waals surface area (Å²) >= 11 is 0. The van der Waals surface area contributed by atoms with Crippen LogP contribution in [0, 0.1) is 0 Å². The number of hydrogen-bond acceptors (Lipinski definition) is 12. The van der Waals surface area contributed by atoms with E-state index in [0.29, 0.717) is 21.2 Å². The van der Waals surface area contributed by atoms with Gasteiger partial charge >= 0.3 is 118 Å². The van der Waals surface area contributed by atoms with Crippen LogP contribution in [0.2, 0.25) is 0 Å². The summed E-state index contributed by atoms with van der Waals surface area (Å²) in [4.78, 5) is -2.35. The molecule has 0 aliphatic rings. The Balaban J connectivity index is 0.00000310. The van der Waals surface area contributed by atoms with Gasteiger partial charge in [-0.15, -0.1) is 0 Å². The van der Waals surface area contributed by atoms with Gasteiger partial charge < -0.3 is 18.2 Å². The molecule has 0 saturated heterocycles. The summed E-state index contributed by atoms with van der Waals surface area (Å²) in [6, 6.07) is 35.4. The minimum atomic E-state index is -5.23. The van der Waals surface area contributed by atoms with Crippen LogP contribution in [0.15, 0.2) is 165 Å². The predicted molar refractivity (Wildman–Crippen MR) is 209 cm³/mol. The maximum Gasteiger partial charge on any atom is 1.00 e. The van der Waals surface area contributed by atoms with Gasteiger partial charge in [-0.25, -0.2) is 33.7 Å². The van der Waals surface area contributed by atoms with Gasteiger partial charge in [0.25, 0.3) is 0 Å². The number of benzene rings is 6. The summed E-state index contributed by atoms with van der Waals surface area (Å²) in [5.41, 5.74) is 0.0470. The molecule has 0 saturated carbocycles. The van der Waals surface area contributed by atoms with E-state index in [-0.39, 0.29) is 153 Å². The molecule has 60 heavy (non-hydrogen) atoms. The topological polar surface area (TPSA) is 229 Å². The second-order valence-corrected chi connectivity index (χ2v) is 22.1. The summed E-state index contributed by atoms with van der Waals surface area (Å²) in [7, 11) is -23.8. The summed E-state index contributed by atoms with van der Waals surface area (Å²) in [5.74, 6) is 0. The number of rotatable bonds is 13. The average Bonchev–Trinajstić information content (AvgIpc) is 3.15. The molecule has 6 rings (SSSR count). The van der Waals surface area contributed by atoms with Crippen molar-refractivity contribution < 1.29 is 170 Å². The third-order valence-electron chi connectivity index (χ3n) is 8.70. The van der Waals surface area contributed by atoms with Gasteiger partial charge in [-0.1, -0.05) is 109 Å². The Hall–Kier alpha value is -0.180. The van der Waals surface area contributed by atoms with Crippen LogP contribution in [-0.4, -0.2) is 51.9 Å². The van der Waals surface area contributed by atoms with Crippen molar-refractivity contribution in [3.63, 3.8) is 0 Å². The molecule has 0 bridgehead atoms. The first-order chi connectivity index (χ1) is 26.3. The van der Waals surface area contributed by atoms with E-state index in [9.17, 15) is 51.9 Å². The number of hydrogen-bond donors (Lipinski definition) is 0. The Bertz CT molecular complexity index is 2700. The third-order valence-corrected chi connectivity index (χ3v) is 17.1. The minimum absolute atomic E-state index is 0. The van der Waals surface area contributed by atoms with Gasteiger partial charge in [0.1, 0.15) is 40.5 Å². The van der Waals surface area contributed by atoms with E-state index in [1.165, 1.54) is 48.5 Å². The van der Waals surface area contributed by atoms with E-state index < -0.39 is 75.9 Å². The summed E-state index contributed by atoms with van der Waals surface area (Å²) in [6.45, 7) is 0. The van der Waals surface area contributed by atoms with Crippen molar-refractivity contribution in [1.29, 1.82) is 0 Å². The van der Waals surface area contributed by atoms with Gasteiger partial charge in [0.15, 0.2) is 0 Å². The zero-order valence-electron chi connectivity index (χ0n) is 32.7. The zero-order valence-corrected chi connectivity index (χ0v) is 45.8. The molecule has 12 nitrogen and oxygen atoms in total. The average molecular weight is 959 g/mol. The van der Waals surface area contributed by atoms with Gasteiger partial charge in [-0.05, 0) is 95.7 Å². The van der Waals surface area contributed by atoms with Gasteiger partial charge in [0.05, 0.1) is 19.6 Å². The van der Waals surface area contributed by atoms with E-state index in [1.807, 2.05) is 0 Å². The minimum Gasteiger partial charge on any atom is -0.744 e. The quantitative estimate of drug-likeness (QED) is 0.0598. The molecule has 0 amide bonds. The van der Waals surface area contributed by atoms with Crippen LogP contribution < -0.4 is 139 Å². The monoisotopic (exact) mass is 958 g/mol. The Kier molecular flexibility index (Phi) is 21.7. The second kappa shape index (κ2) is 23.3. The van der Waals surface area contributed by atoms with Crippen molar-refractivity contribution >= 4 is 77.5 Å². The molecule has 0 fully saturated rings. The standard InChI is InChI=1S/C38H32O12P2S4.4Na/c39-53(40,41)31-17-7-15-29(23-31)51(27-11-3-1-4-12-27)25-35-33(19-9-21-37(35)55(45,46)47)34-20-10-22-38(56(48,49)50)36(34)26-52(28-13-5-2-6-14-28)30-16-8-18-32(24-30)54(42,43)44;;;;/h1-24H,25-26H2,(H,39,40,41)(H,42,43,44)(H,45,46,47)(H,48,49,50);;;;/q;4*+1/p-4. The molecule has 0 aliphatic carbocycles. The molecule has 0 spiro atoms. The molecule has 0 heterocycles. The van der Waals surface area contributed by atoms with Crippen molar-refractivity contribution in [3.05, 3.63) is 157 Å². The third kappa shape index (κ3) is 13.9. The summed E-state index contributed by atoms with van der Waals surface area (Å²) in [5, 5.41) is 1.93. The van der Waals surface area contributed by atoms with Crippen LogP contribution in [0.5, 0.6) is 0 Å². The second-order valence-electron chi connectivity index (χ2n) is 12.2. The molecule has 2 unspecified atom stereocenters. The first-order valence-electron chi connectivity index (χ1n) is 16.3. The largest absolute Gasteiger partial charge is 1.00 e. The smallest absolute Gasteiger partial charge is 0.744 e. The van der Waals surface area contributed by atoms with Crippen LogP contribution in [0.3, 0.4) is 0 Å². The van der Waals surface area contributed by atoms with Crippen molar-refractivity contribution in [3.8, 4) is 11.1 Å². The van der Waals surface area contributed by atoms with E-state index in [1.54, 1.807) is 72.8 Å². The molecule has 0 aromatic heterocycles. The Labute approximate surface area is 441 Å². The summed E-state index contributed by atoms with van der Waals surface area (Å²) < 4.78 is 150. The normalized spacial score (nSPS) is 12.7. The van der Waals surface area contributed by atoms with E-state index in [4.69, 9.17) is 0 Å². The summed E-state index contributed by atoms with van der Waals surface area (Å²) in [6.07, 6.45) is -0.446. The molecule has 290 valence electrons. The molecular formula is C38H28Na4O12P2S4. The van der Waals surface area contributed by atoms with Crippen LogP contribution >= 0.6 is 15.8 Å². The fraction of sp³-hybridized carbons (Fsp3) is 0.0526. The SMILES string of the molecule is O=S(=O)([O-])c1cccc(P(Cc2c(-c3cccc(S(=O)(=O)[O-])c3CP(c3ccccc3)c3cccc(S(=O)(=O)[O-])c3)cccc2S(=O)(=O)[O-])c2ccccc2)c1.[Na+].[Na+].[Na+].[Na+]. The molecular weight excluding hydrogens is 931 g/mol. The molecule has 6 aromatic rings. The predicted octanol–water partition coefficient (Wildman–Crippen LogP) is -7.75. The fourth-order valence-electron chi connectivity index (χ4n) is 6.24. The molecule has 2 atom stereocenters. The Morgan fingerprint density at radius 3 is 0.950 bits per heavy atom. The first kappa shape index (κ1) is 56.0. The van der Waals surface area contributed by atoms with Crippen molar-refractivity contribution in [1.82, 2.24) is 0 Å². The van der Waals surface area contributed by atoms with E-state index in [0.717, 1.165) is 24.3 Å². The first-order valence-corrected chi connectivity index (χ1v) is 24.9. The molecule has 0 N–H and O–H groups in total. The van der Waals surface area contributed by atoms with Crippen LogP contribution in [0.4, 0.5) is 0 Å². The molecule has 6 aromatic carbocycles. The Morgan fingerprint density at radius 2 is 0.650 bits per heavy atom. The Morgan fingerprint density at radius 1 is 0.350 bits per heavy atom. The van der Waals surface area contributed by atoms with Gasteiger partial charge in [-0.3, -0.25) is 0 Å². The van der Waals surface area contributed by atoms with Gasteiger partial charge in [0, 0.05) is 12.3 Å². The van der Waals surface area contributed by atoms with Crippen molar-refractivity contribution in [2.75, 3.05) is 0 Å². The van der Waals surface area contributed by atoms with Crippen molar-refractivity contribution in [2.24, 2.45) is 0 Å². The molecule has 22 heteroatoms. The fourth-order valence-corrected chi connectivity index (χ4v) is 13.9. The van der Waals surface area contributed by atoms with E-state index in [2.05, 4.69) is 0 Å². The van der Waals surface area contributed by atoms with Gasteiger partial charge in [0.2, 0.25) is 0 Å². The van der Waals surface area contributed by atoms with Crippen LogP contribution in [0.1, 0.15) is 11.1 Å². The zero-order chi connectivity index (χ0) is 40.5. The van der Waals surface area contributed by atoms with Crippen LogP contribution in [0.25, 0.3) is 11.1 Å². The van der Waals surface area contributed by atoms with E-state index >= 15 is 0 Å². The molecule has 0 aliphatic heterocycles. The maximum absolute atomic E-state index is 13.0.